The van der Waals surface area contributed by atoms with Crippen molar-refractivity contribution in [3.05, 3.63) is 0 Å². The average Bonchev–Trinajstić information content (AvgIpc) is 2.93. The van der Waals surface area contributed by atoms with Crippen LogP contribution in [0.5, 0.6) is 0 Å². The second kappa shape index (κ2) is 4.41. The van der Waals surface area contributed by atoms with E-state index in [1.165, 1.54) is 0 Å². The van der Waals surface area contributed by atoms with Crippen LogP contribution < -0.4 is 0 Å². The van der Waals surface area contributed by atoms with E-state index in [9.17, 15) is 4.79 Å². The van der Waals surface area contributed by atoms with Gasteiger partial charge in [0.2, 0.25) is 5.91 Å². The summed E-state index contributed by atoms with van der Waals surface area (Å²) in [6, 6.07) is 0. The molecule has 1 saturated heterocycles. The second-order valence-electron chi connectivity index (χ2n) is 7.21. The summed E-state index contributed by atoms with van der Waals surface area (Å²) in [4.78, 5) is 14.4. The van der Waals surface area contributed by atoms with Gasteiger partial charge < -0.3 is 9.64 Å². The molecule has 2 rings (SSSR count). The quantitative estimate of drug-likeness (QED) is 0.799. The normalized spacial score (nSPS) is 27.9. The first-order valence-electron chi connectivity index (χ1n) is 6.76. The Morgan fingerprint density at radius 1 is 1.17 bits per heavy atom. The summed E-state index contributed by atoms with van der Waals surface area (Å²) in [5.74, 6) is 1.10. The Bertz CT molecular complexity index is 332. The molecule has 0 aromatic rings. The van der Waals surface area contributed by atoms with Crippen LogP contribution in [0.1, 0.15) is 47.0 Å². The molecular formula is C14H25NO2S. The Kier molecular flexibility index (Phi) is 3.48. The first-order chi connectivity index (χ1) is 8.17. The van der Waals surface area contributed by atoms with E-state index in [1.807, 2.05) is 4.90 Å². The molecule has 4 heteroatoms. The van der Waals surface area contributed by atoms with Crippen LogP contribution in [0.2, 0.25) is 0 Å². The lowest BCUT2D eigenvalue weighted by atomic mass is 9.97. The van der Waals surface area contributed by atoms with Crippen LogP contribution in [-0.4, -0.2) is 40.9 Å². The number of morpholine rings is 1. The highest BCUT2D eigenvalue weighted by atomic mass is 32.1. The van der Waals surface area contributed by atoms with E-state index < -0.39 is 0 Å². The maximum atomic E-state index is 12.4. The number of ether oxygens (including phenoxy) is 1. The highest BCUT2D eigenvalue weighted by Crippen LogP contribution is 2.50. The van der Waals surface area contributed by atoms with Crippen molar-refractivity contribution in [2.24, 2.45) is 5.41 Å². The number of rotatable bonds is 3. The standard InChI is InChI=1S/C14H25NO2S/c1-12(2)8-15(9-13(3,4)17-12)11(16)7-14(10-18)5-6-14/h18H,5-10H2,1-4H3. The maximum absolute atomic E-state index is 12.4. The summed E-state index contributed by atoms with van der Waals surface area (Å²) >= 11 is 4.37. The number of carbonyl (C=O) groups is 1. The van der Waals surface area contributed by atoms with Gasteiger partial charge in [-0.3, -0.25) is 4.79 Å². The monoisotopic (exact) mass is 271 g/mol. The van der Waals surface area contributed by atoms with Gasteiger partial charge >= 0.3 is 0 Å². The van der Waals surface area contributed by atoms with Crippen molar-refractivity contribution in [3.63, 3.8) is 0 Å². The zero-order valence-electron chi connectivity index (χ0n) is 12.0. The van der Waals surface area contributed by atoms with Crippen LogP contribution in [0.3, 0.4) is 0 Å². The molecule has 1 amide bonds. The Morgan fingerprint density at radius 2 is 1.67 bits per heavy atom. The van der Waals surface area contributed by atoms with E-state index >= 15 is 0 Å². The van der Waals surface area contributed by atoms with Crippen molar-refractivity contribution in [2.45, 2.75) is 58.2 Å². The van der Waals surface area contributed by atoms with Gasteiger partial charge in [-0.25, -0.2) is 0 Å². The van der Waals surface area contributed by atoms with Crippen molar-refractivity contribution in [1.29, 1.82) is 0 Å². The first-order valence-corrected chi connectivity index (χ1v) is 7.39. The molecule has 0 aromatic heterocycles. The van der Waals surface area contributed by atoms with Crippen molar-refractivity contribution in [2.75, 3.05) is 18.8 Å². The molecule has 2 aliphatic rings. The molecule has 0 aromatic carbocycles. The third-order valence-electron chi connectivity index (χ3n) is 3.87. The number of thiol groups is 1. The van der Waals surface area contributed by atoms with Gasteiger partial charge in [0, 0.05) is 19.5 Å². The SMILES string of the molecule is CC1(C)CN(C(=O)CC2(CS)CC2)CC(C)(C)O1. The Labute approximate surface area is 116 Å². The number of amides is 1. The smallest absolute Gasteiger partial charge is 0.223 e. The molecule has 0 N–H and O–H groups in total. The predicted octanol–water partition coefficient (Wildman–Crippen LogP) is 2.50. The van der Waals surface area contributed by atoms with Gasteiger partial charge in [-0.1, -0.05) is 0 Å². The van der Waals surface area contributed by atoms with Gasteiger partial charge in [0.25, 0.3) is 0 Å². The summed E-state index contributed by atoms with van der Waals surface area (Å²) in [6.07, 6.45) is 2.96. The van der Waals surface area contributed by atoms with Gasteiger partial charge in [-0.05, 0) is 51.7 Å². The highest BCUT2D eigenvalue weighted by molar-refractivity contribution is 7.80. The van der Waals surface area contributed by atoms with Gasteiger partial charge in [0.15, 0.2) is 0 Å². The first kappa shape index (κ1) is 14.2. The van der Waals surface area contributed by atoms with Crippen molar-refractivity contribution in [1.82, 2.24) is 4.90 Å². The Hall–Kier alpha value is -0.220. The molecule has 18 heavy (non-hydrogen) atoms. The highest BCUT2D eigenvalue weighted by Gasteiger charge is 2.46. The number of carbonyl (C=O) groups excluding carboxylic acids is 1. The predicted molar refractivity (Wildman–Crippen MR) is 76.0 cm³/mol. The lowest BCUT2D eigenvalue weighted by molar-refractivity contribution is -0.188. The molecule has 0 bridgehead atoms. The fourth-order valence-corrected chi connectivity index (χ4v) is 3.39. The van der Waals surface area contributed by atoms with Gasteiger partial charge in [0.05, 0.1) is 11.2 Å². The fraction of sp³-hybridized carbons (Fsp3) is 0.929. The minimum absolute atomic E-state index is 0.201. The van der Waals surface area contributed by atoms with Gasteiger partial charge in [-0.15, -0.1) is 0 Å². The van der Waals surface area contributed by atoms with Crippen LogP contribution in [0, 0.1) is 5.41 Å². The van der Waals surface area contributed by atoms with E-state index in [0.29, 0.717) is 19.5 Å². The number of hydrogen-bond acceptors (Lipinski definition) is 3. The van der Waals surface area contributed by atoms with Crippen molar-refractivity contribution < 1.29 is 9.53 Å². The third-order valence-corrected chi connectivity index (χ3v) is 4.54. The summed E-state index contributed by atoms with van der Waals surface area (Å²) in [7, 11) is 0. The zero-order valence-corrected chi connectivity index (χ0v) is 12.8. The second-order valence-corrected chi connectivity index (χ2v) is 7.52. The molecule has 104 valence electrons. The van der Waals surface area contributed by atoms with E-state index in [1.54, 1.807) is 0 Å². The van der Waals surface area contributed by atoms with Gasteiger partial charge in [0.1, 0.15) is 0 Å². The molecule has 1 saturated carbocycles. The van der Waals surface area contributed by atoms with E-state index in [-0.39, 0.29) is 22.5 Å². The van der Waals surface area contributed by atoms with Crippen LogP contribution >= 0.6 is 12.6 Å². The largest absolute Gasteiger partial charge is 0.366 e. The minimum Gasteiger partial charge on any atom is -0.366 e. The molecule has 1 heterocycles. The van der Waals surface area contributed by atoms with Crippen LogP contribution in [0.15, 0.2) is 0 Å². The Morgan fingerprint density at radius 3 is 2.06 bits per heavy atom. The van der Waals surface area contributed by atoms with Gasteiger partial charge in [-0.2, -0.15) is 12.6 Å². The summed E-state index contributed by atoms with van der Waals surface area (Å²) in [5.41, 5.74) is -0.309. The Balaban J connectivity index is 2.01. The van der Waals surface area contributed by atoms with Crippen molar-refractivity contribution >= 4 is 18.5 Å². The van der Waals surface area contributed by atoms with Crippen molar-refractivity contribution in [3.8, 4) is 0 Å². The van der Waals surface area contributed by atoms with E-state index in [4.69, 9.17) is 4.74 Å². The zero-order chi connectivity index (χ0) is 13.6. The van der Waals surface area contributed by atoms with Crippen LogP contribution in [0.25, 0.3) is 0 Å². The molecule has 0 unspecified atom stereocenters. The molecule has 0 atom stereocenters. The molecule has 0 radical (unpaired) electrons. The molecule has 0 spiro atoms. The third kappa shape index (κ3) is 3.21. The topological polar surface area (TPSA) is 29.5 Å². The number of hydrogen-bond donors (Lipinski definition) is 1. The minimum atomic E-state index is -0.255. The molecular weight excluding hydrogens is 246 g/mol. The number of nitrogens with zero attached hydrogens (tertiary/aromatic N) is 1. The molecule has 2 fully saturated rings. The maximum Gasteiger partial charge on any atom is 0.223 e. The summed E-state index contributed by atoms with van der Waals surface area (Å²) in [6.45, 7) is 9.61. The average molecular weight is 271 g/mol. The molecule has 1 aliphatic heterocycles. The molecule has 1 aliphatic carbocycles. The fourth-order valence-electron chi connectivity index (χ4n) is 2.96. The summed E-state index contributed by atoms with van der Waals surface area (Å²) in [5, 5.41) is 0. The summed E-state index contributed by atoms with van der Waals surface area (Å²) < 4.78 is 6.00. The lowest BCUT2D eigenvalue weighted by Gasteiger charge is -2.47. The van der Waals surface area contributed by atoms with E-state index in [2.05, 4.69) is 40.3 Å². The van der Waals surface area contributed by atoms with Crippen LogP contribution in [0.4, 0.5) is 0 Å². The van der Waals surface area contributed by atoms with Crippen LogP contribution in [-0.2, 0) is 9.53 Å². The molecule has 3 nitrogen and oxygen atoms in total. The lowest BCUT2D eigenvalue weighted by Crippen LogP contribution is -2.58. The van der Waals surface area contributed by atoms with E-state index in [0.717, 1.165) is 18.6 Å².